The van der Waals surface area contributed by atoms with Crippen LogP contribution in [0, 0.1) is 0 Å². The van der Waals surface area contributed by atoms with Gasteiger partial charge in [0.1, 0.15) is 11.8 Å². The van der Waals surface area contributed by atoms with Gasteiger partial charge < -0.3 is 14.7 Å². The van der Waals surface area contributed by atoms with Crippen LogP contribution >= 0.6 is 0 Å². The van der Waals surface area contributed by atoms with Crippen molar-refractivity contribution in [3.63, 3.8) is 0 Å². The van der Waals surface area contributed by atoms with Crippen molar-refractivity contribution in [1.29, 1.82) is 0 Å². The largest absolute Gasteiger partial charge is 0.490 e. The highest BCUT2D eigenvalue weighted by molar-refractivity contribution is 6.06. The zero-order chi connectivity index (χ0) is 17.4. The Labute approximate surface area is 139 Å². The van der Waals surface area contributed by atoms with E-state index in [-0.39, 0.29) is 30.9 Å². The molecule has 3 rings (SSSR count). The molecule has 0 aromatic heterocycles. The Morgan fingerprint density at radius 3 is 2.71 bits per heavy atom. The Kier molecular flexibility index (Phi) is 4.28. The number of ether oxygens (including phenoxy) is 1. The van der Waals surface area contributed by atoms with Crippen molar-refractivity contribution < 1.29 is 24.2 Å². The molecule has 7 nitrogen and oxygen atoms in total. The van der Waals surface area contributed by atoms with Gasteiger partial charge in [0.25, 0.3) is 5.91 Å². The number of hydrogen-bond acceptors (Lipinski definition) is 5. The van der Waals surface area contributed by atoms with E-state index in [2.05, 4.69) is 5.32 Å². The molecule has 1 saturated heterocycles. The van der Waals surface area contributed by atoms with Crippen LogP contribution in [-0.4, -0.2) is 39.9 Å². The molecule has 7 heteroatoms. The van der Waals surface area contributed by atoms with Crippen molar-refractivity contribution >= 4 is 17.7 Å². The van der Waals surface area contributed by atoms with Crippen LogP contribution in [0.3, 0.4) is 0 Å². The number of carbonyl (C=O) groups is 3. The topological polar surface area (TPSA) is 95.9 Å². The van der Waals surface area contributed by atoms with Gasteiger partial charge in [0.15, 0.2) is 0 Å². The molecule has 0 spiro atoms. The van der Waals surface area contributed by atoms with E-state index >= 15 is 0 Å². The van der Waals surface area contributed by atoms with E-state index in [9.17, 15) is 19.5 Å². The van der Waals surface area contributed by atoms with Crippen LogP contribution in [0.15, 0.2) is 12.1 Å². The number of nitrogens with zero attached hydrogens (tertiary/aromatic N) is 1. The summed E-state index contributed by atoms with van der Waals surface area (Å²) in [7, 11) is 0. The first-order valence-electron chi connectivity index (χ1n) is 7.99. The summed E-state index contributed by atoms with van der Waals surface area (Å²) >= 11 is 0. The van der Waals surface area contributed by atoms with E-state index in [4.69, 9.17) is 4.74 Å². The predicted molar refractivity (Wildman–Crippen MR) is 84.2 cm³/mol. The second kappa shape index (κ2) is 6.24. The van der Waals surface area contributed by atoms with Gasteiger partial charge in [-0.1, -0.05) is 12.1 Å². The fraction of sp³-hybridized carbons (Fsp3) is 0.471. The zero-order valence-electron chi connectivity index (χ0n) is 13.7. The third kappa shape index (κ3) is 2.75. The molecule has 2 N–H and O–H groups in total. The molecule has 1 atom stereocenters. The molecule has 1 aromatic carbocycles. The average Bonchev–Trinajstić information content (AvgIpc) is 2.84. The lowest BCUT2D eigenvalue weighted by Gasteiger charge is -2.29. The number of rotatable bonds is 4. The highest BCUT2D eigenvalue weighted by atomic mass is 16.5. The van der Waals surface area contributed by atoms with Gasteiger partial charge in [-0.2, -0.15) is 0 Å². The number of imide groups is 1. The third-order valence-corrected chi connectivity index (χ3v) is 4.25. The Morgan fingerprint density at radius 1 is 1.33 bits per heavy atom. The second-order valence-electron chi connectivity index (χ2n) is 6.31. The minimum atomic E-state index is -0.660. The molecule has 3 amide bonds. The number of hydrogen-bond donors (Lipinski definition) is 2. The van der Waals surface area contributed by atoms with Crippen molar-refractivity contribution in [2.45, 2.75) is 52.0 Å². The van der Waals surface area contributed by atoms with E-state index < -0.39 is 11.9 Å². The molecule has 1 fully saturated rings. The monoisotopic (exact) mass is 332 g/mol. The van der Waals surface area contributed by atoms with Gasteiger partial charge in [-0.25, -0.2) is 0 Å². The number of aliphatic hydroxyl groups excluding tert-OH is 1. The van der Waals surface area contributed by atoms with Crippen molar-refractivity contribution in [1.82, 2.24) is 10.2 Å². The maximum absolute atomic E-state index is 12.9. The summed E-state index contributed by atoms with van der Waals surface area (Å²) in [6.07, 6.45) is 0.380. The molecule has 0 radical (unpaired) electrons. The standard InChI is InChI=1S/C17H20N2O5/c1-9(2)24-15-11(8-20)4-3-10-7-19(17(23)14(10)15)12-5-6-13(21)18-16(12)22/h3-4,9,12,20H,5-8H2,1-2H3,(H,18,21,22). The van der Waals surface area contributed by atoms with Crippen LogP contribution in [0.25, 0.3) is 0 Å². The first-order chi connectivity index (χ1) is 11.4. The maximum Gasteiger partial charge on any atom is 0.258 e. The van der Waals surface area contributed by atoms with Crippen LogP contribution in [0.5, 0.6) is 5.75 Å². The van der Waals surface area contributed by atoms with Gasteiger partial charge in [-0.3, -0.25) is 19.7 Å². The van der Waals surface area contributed by atoms with Crippen LogP contribution in [-0.2, 0) is 22.7 Å². The van der Waals surface area contributed by atoms with Gasteiger partial charge >= 0.3 is 0 Å². The van der Waals surface area contributed by atoms with Crippen LogP contribution in [0.1, 0.15) is 48.2 Å². The average molecular weight is 332 g/mol. The molecule has 0 aliphatic carbocycles. The van der Waals surface area contributed by atoms with E-state index in [0.29, 0.717) is 29.8 Å². The van der Waals surface area contributed by atoms with E-state index in [1.165, 1.54) is 4.90 Å². The number of aliphatic hydroxyl groups is 1. The summed E-state index contributed by atoms with van der Waals surface area (Å²) < 4.78 is 5.77. The van der Waals surface area contributed by atoms with E-state index in [0.717, 1.165) is 5.56 Å². The van der Waals surface area contributed by atoms with E-state index in [1.54, 1.807) is 12.1 Å². The molecule has 2 aliphatic heterocycles. The Bertz CT molecular complexity index is 713. The molecule has 1 aromatic rings. The highest BCUT2D eigenvalue weighted by Gasteiger charge is 2.41. The molecule has 128 valence electrons. The minimum Gasteiger partial charge on any atom is -0.490 e. The third-order valence-electron chi connectivity index (χ3n) is 4.25. The van der Waals surface area contributed by atoms with E-state index in [1.807, 2.05) is 13.8 Å². The fourth-order valence-corrected chi connectivity index (χ4v) is 3.16. The highest BCUT2D eigenvalue weighted by Crippen LogP contribution is 2.36. The molecule has 0 bridgehead atoms. The first-order valence-corrected chi connectivity index (χ1v) is 7.99. The number of piperidine rings is 1. The van der Waals surface area contributed by atoms with Gasteiger partial charge in [-0.05, 0) is 25.8 Å². The number of nitrogens with one attached hydrogen (secondary N) is 1. The van der Waals surface area contributed by atoms with Crippen molar-refractivity contribution in [2.75, 3.05) is 0 Å². The first kappa shape index (κ1) is 16.4. The maximum atomic E-state index is 12.9. The normalized spacial score (nSPS) is 20.4. The van der Waals surface area contributed by atoms with Crippen molar-refractivity contribution in [3.05, 3.63) is 28.8 Å². The Balaban J connectivity index is 1.95. The van der Waals surface area contributed by atoms with Crippen LogP contribution in [0.2, 0.25) is 0 Å². The summed E-state index contributed by atoms with van der Waals surface area (Å²) in [5, 5.41) is 11.8. The fourth-order valence-electron chi connectivity index (χ4n) is 3.16. The number of fused-ring (bicyclic) bond motifs is 1. The smallest absolute Gasteiger partial charge is 0.258 e. The van der Waals surface area contributed by atoms with Gasteiger partial charge in [0, 0.05) is 18.5 Å². The molecule has 0 saturated carbocycles. The molecule has 2 aliphatic rings. The number of amides is 3. The van der Waals surface area contributed by atoms with Gasteiger partial charge in [-0.15, -0.1) is 0 Å². The Morgan fingerprint density at radius 2 is 2.08 bits per heavy atom. The summed E-state index contributed by atoms with van der Waals surface area (Å²) in [6, 6.07) is 2.85. The quantitative estimate of drug-likeness (QED) is 0.793. The lowest BCUT2D eigenvalue weighted by Crippen LogP contribution is -2.52. The number of benzene rings is 1. The Hall–Kier alpha value is -2.41. The lowest BCUT2D eigenvalue weighted by molar-refractivity contribution is -0.136. The molecule has 2 heterocycles. The van der Waals surface area contributed by atoms with Gasteiger partial charge in [0.05, 0.1) is 18.3 Å². The number of carbonyl (C=O) groups excluding carboxylic acids is 3. The lowest BCUT2D eigenvalue weighted by atomic mass is 10.0. The molecule has 24 heavy (non-hydrogen) atoms. The van der Waals surface area contributed by atoms with Crippen molar-refractivity contribution in [3.8, 4) is 5.75 Å². The molecular formula is C17H20N2O5. The molecular weight excluding hydrogens is 312 g/mol. The van der Waals surface area contributed by atoms with Crippen LogP contribution < -0.4 is 10.1 Å². The zero-order valence-corrected chi connectivity index (χ0v) is 13.7. The summed E-state index contributed by atoms with van der Waals surface area (Å²) in [5.74, 6) is -0.678. The SMILES string of the molecule is CC(C)Oc1c(CO)ccc2c1C(=O)N(C1CCC(=O)NC1=O)C2. The molecule has 1 unspecified atom stereocenters. The summed E-state index contributed by atoms with van der Waals surface area (Å²) in [6.45, 7) is 3.75. The second-order valence-corrected chi connectivity index (χ2v) is 6.31. The minimum absolute atomic E-state index is 0.153. The predicted octanol–water partition coefficient (Wildman–Crippen LogP) is 0.727. The summed E-state index contributed by atoms with van der Waals surface area (Å²) in [5.41, 5.74) is 1.71. The van der Waals surface area contributed by atoms with Gasteiger partial charge in [0.2, 0.25) is 11.8 Å². The van der Waals surface area contributed by atoms with Crippen LogP contribution in [0.4, 0.5) is 0 Å². The van der Waals surface area contributed by atoms with Crippen molar-refractivity contribution in [2.24, 2.45) is 0 Å². The summed E-state index contributed by atoms with van der Waals surface area (Å²) in [4.78, 5) is 37.8.